The maximum absolute atomic E-state index is 3.83. The molecular weight excluding hydrogens is 665 g/mol. The van der Waals surface area contributed by atoms with Crippen molar-refractivity contribution in [3.05, 3.63) is 205 Å². The second kappa shape index (κ2) is 12.9. The Morgan fingerprint density at radius 1 is 0.455 bits per heavy atom. The number of hydrogen-bond acceptors (Lipinski definition) is 2. The molecule has 0 fully saturated rings. The zero-order valence-corrected chi connectivity index (χ0v) is 30.4. The molecule has 0 aromatic heterocycles. The second-order valence-electron chi connectivity index (χ2n) is 14.9. The van der Waals surface area contributed by atoms with E-state index in [1.165, 1.54) is 99.1 Å². The van der Waals surface area contributed by atoms with Crippen LogP contribution in [0.1, 0.15) is 24.6 Å². The number of nitrogens with one attached hydrogen (secondary N) is 1. The summed E-state index contributed by atoms with van der Waals surface area (Å²) < 4.78 is 0. The van der Waals surface area contributed by atoms with Gasteiger partial charge in [0.1, 0.15) is 6.17 Å². The van der Waals surface area contributed by atoms with Crippen LogP contribution >= 0.6 is 0 Å². The quantitative estimate of drug-likeness (QED) is 0.180. The van der Waals surface area contributed by atoms with Crippen molar-refractivity contribution < 1.29 is 0 Å². The van der Waals surface area contributed by atoms with Crippen LogP contribution in [-0.4, -0.2) is 0 Å². The number of benzene rings is 9. The second-order valence-corrected chi connectivity index (χ2v) is 14.9. The van der Waals surface area contributed by atoms with Crippen molar-refractivity contribution >= 4 is 54.5 Å². The van der Waals surface area contributed by atoms with E-state index < -0.39 is 0 Å². The summed E-state index contributed by atoms with van der Waals surface area (Å²) in [5, 5.41) is 13.9. The molecule has 2 heteroatoms. The van der Waals surface area contributed by atoms with E-state index in [-0.39, 0.29) is 6.17 Å². The Bertz CT molecular complexity index is 3020. The molecule has 0 saturated heterocycles. The molecular formula is C53H38N2. The first kappa shape index (κ1) is 31.6. The fourth-order valence-corrected chi connectivity index (χ4v) is 9.03. The van der Waals surface area contributed by atoms with E-state index in [1.54, 1.807) is 0 Å². The van der Waals surface area contributed by atoms with Gasteiger partial charge in [-0.15, -0.1) is 0 Å². The van der Waals surface area contributed by atoms with Crippen molar-refractivity contribution in [1.29, 1.82) is 0 Å². The molecule has 55 heavy (non-hydrogen) atoms. The summed E-state index contributed by atoms with van der Waals surface area (Å²) in [6.45, 7) is 0. The minimum atomic E-state index is 0.0381. The van der Waals surface area contributed by atoms with Gasteiger partial charge in [-0.25, -0.2) is 0 Å². The number of nitrogens with zero attached hydrogens (tertiary/aromatic N) is 1. The predicted molar refractivity (Wildman–Crippen MR) is 235 cm³/mol. The summed E-state index contributed by atoms with van der Waals surface area (Å²) in [7, 11) is 0. The Hall–Kier alpha value is -6.90. The Labute approximate surface area is 321 Å². The lowest BCUT2D eigenvalue weighted by molar-refractivity contribution is 0.748. The minimum Gasteiger partial charge on any atom is -0.359 e. The van der Waals surface area contributed by atoms with Crippen LogP contribution in [0.2, 0.25) is 0 Å². The highest BCUT2D eigenvalue weighted by molar-refractivity contribution is 6.22. The maximum Gasteiger partial charge on any atom is 0.130 e. The highest BCUT2D eigenvalue weighted by atomic mass is 15.3. The van der Waals surface area contributed by atoms with Crippen LogP contribution in [0, 0.1) is 0 Å². The summed E-state index contributed by atoms with van der Waals surface area (Å²) in [5.41, 5.74) is 12.5. The molecule has 0 bridgehead atoms. The van der Waals surface area contributed by atoms with Gasteiger partial charge in [-0.3, -0.25) is 0 Å². The predicted octanol–water partition coefficient (Wildman–Crippen LogP) is 14.5. The first-order valence-electron chi connectivity index (χ1n) is 19.3. The van der Waals surface area contributed by atoms with E-state index >= 15 is 0 Å². The molecule has 1 heterocycles. The molecule has 0 spiro atoms. The molecule has 11 rings (SSSR count). The average Bonchev–Trinajstić information content (AvgIpc) is 3.65. The van der Waals surface area contributed by atoms with Crippen LogP contribution < -0.4 is 10.2 Å². The fraction of sp³-hybridized carbons (Fsp3) is 0.0566. The zero-order valence-electron chi connectivity index (χ0n) is 30.4. The first-order chi connectivity index (χ1) is 27.3. The van der Waals surface area contributed by atoms with Crippen LogP contribution in [-0.2, 0) is 0 Å². The lowest BCUT2D eigenvalue weighted by Crippen LogP contribution is -2.27. The van der Waals surface area contributed by atoms with Crippen LogP contribution in [0.4, 0.5) is 11.4 Å². The van der Waals surface area contributed by atoms with Gasteiger partial charge in [-0.05, 0) is 131 Å². The smallest absolute Gasteiger partial charge is 0.130 e. The Morgan fingerprint density at radius 3 is 1.69 bits per heavy atom. The number of fused-ring (bicyclic) bond motifs is 5. The van der Waals surface area contributed by atoms with Gasteiger partial charge in [0.05, 0.1) is 11.4 Å². The number of allylic oxidation sites excluding steroid dienone is 4. The summed E-state index contributed by atoms with van der Waals surface area (Å²) in [6, 6.07) is 65.1. The third-order valence-corrected chi connectivity index (χ3v) is 11.7. The van der Waals surface area contributed by atoms with Gasteiger partial charge in [-0.1, -0.05) is 158 Å². The lowest BCUT2D eigenvalue weighted by atomic mass is 9.84. The van der Waals surface area contributed by atoms with Crippen molar-refractivity contribution in [2.45, 2.75) is 19.0 Å². The van der Waals surface area contributed by atoms with Gasteiger partial charge < -0.3 is 10.2 Å². The summed E-state index contributed by atoms with van der Waals surface area (Å²) in [5.74, 6) is 0. The highest BCUT2D eigenvalue weighted by Gasteiger charge is 2.32. The molecule has 1 unspecified atom stereocenters. The molecule has 260 valence electrons. The fourth-order valence-electron chi connectivity index (χ4n) is 9.03. The average molecular weight is 703 g/mol. The first-order valence-corrected chi connectivity index (χ1v) is 19.3. The summed E-state index contributed by atoms with van der Waals surface area (Å²) in [4.78, 5) is 2.49. The Balaban J connectivity index is 1.09. The van der Waals surface area contributed by atoms with Crippen LogP contribution in [0.5, 0.6) is 0 Å². The van der Waals surface area contributed by atoms with E-state index in [4.69, 9.17) is 0 Å². The highest BCUT2D eigenvalue weighted by Crippen LogP contribution is 2.47. The zero-order chi connectivity index (χ0) is 36.3. The van der Waals surface area contributed by atoms with E-state index in [2.05, 4.69) is 204 Å². The number of rotatable bonds is 5. The van der Waals surface area contributed by atoms with Gasteiger partial charge in [0.25, 0.3) is 0 Å². The van der Waals surface area contributed by atoms with E-state index in [0.29, 0.717) is 0 Å². The molecule has 0 amide bonds. The van der Waals surface area contributed by atoms with Crippen molar-refractivity contribution in [2.24, 2.45) is 0 Å². The van der Waals surface area contributed by atoms with Crippen molar-refractivity contribution in [1.82, 2.24) is 0 Å². The van der Waals surface area contributed by atoms with Crippen LogP contribution in [0.25, 0.3) is 76.5 Å². The monoisotopic (exact) mass is 702 g/mol. The Morgan fingerprint density at radius 2 is 1.02 bits per heavy atom. The molecule has 0 radical (unpaired) electrons. The molecule has 9 aromatic carbocycles. The number of para-hydroxylation sites is 2. The third kappa shape index (κ3) is 5.33. The maximum atomic E-state index is 3.83. The van der Waals surface area contributed by atoms with Gasteiger partial charge in [0.15, 0.2) is 0 Å². The molecule has 2 nitrogen and oxygen atoms in total. The van der Waals surface area contributed by atoms with Gasteiger partial charge in [-0.2, -0.15) is 0 Å². The van der Waals surface area contributed by atoms with Gasteiger partial charge in [0, 0.05) is 5.70 Å². The van der Waals surface area contributed by atoms with E-state index in [9.17, 15) is 0 Å². The number of anilines is 2. The van der Waals surface area contributed by atoms with Crippen LogP contribution in [0.15, 0.2) is 200 Å². The number of hydrogen-bond donors (Lipinski definition) is 1. The van der Waals surface area contributed by atoms with Gasteiger partial charge in [0.2, 0.25) is 0 Å². The molecule has 1 atom stereocenters. The molecule has 1 aliphatic heterocycles. The SMILES string of the molecule is C1=CCCC(N2c3ccccc3NC2c2ccc(-c3ccc4c(-c5ccc6ccccc6c5)c5ccccc5c(-c5ccc6ccccc6c5)c4c3)cc2)=C1. The van der Waals surface area contributed by atoms with Crippen molar-refractivity contribution in [3.8, 4) is 33.4 Å². The summed E-state index contributed by atoms with van der Waals surface area (Å²) in [6.07, 6.45) is 8.86. The third-order valence-electron chi connectivity index (χ3n) is 11.7. The molecule has 0 saturated carbocycles. The van der Waals surface area contributed by atoms with E-state index in [0.717, 1.165) is 12.8 Å². The van der Waals surface area contributed by atoms with Crippen molar-refractivity contribution in [2.75, 3.05) is 10.2 Å². The molecule has 2 aliphatic rings. The van der Waals surface area contributed by atoms with Gasteiger partial charge >= 0.3 is 0 Å². The van der Waals surface area contributed by atoms with Crippen LogP contribution in [0.3, 0.4) is 0 Å². The van der Waals surface area contributed by atoms with E-state index in [1.807, 2.05) is 0 Å². The Kier molecular flexibility index (Phi) is 7.41. The largest absolute Gasteiger partial charge is 0.359 e. The molecule has 9 aromatic rings. The lowest BCUT2D eigenvalue weighted by Gasteiger charge is -2.30. The topological polar surface area (TPSA) is 15.3 Å². The molecule has 1 N–H and O–H groups in total. The normalized spacial score (nSPS) is 15.1. The summed E-state index contributed by atoms with van der Waals surface area (Å²) >= 11 is 0. The standard InChI is InChI=1S/C53H38N2/c1-2-16-44(17-3-1)55-50-21-11-10-20-49(50)54-53(55)38-26-22-37(23-27-38)41-30-31-47-48(34-41)52(43-29-25-36-13-5-7-15-40(36)33-43)46-19-9-8-18-45(46)51(47)42-28-24-35-12-4-6-14-39(35)32-42/h1-2,4-16,18-34,53-54H,3,17H2. The molecule has 1 aliphatic carbocycles. The minimum absolute atomic E-state index is 0.0381. The van der Waals surface area contributed by atoms with Crippen molar-refractivity contribution in [3.63, 3.8) is 0 Å².